The van der Waals surface area contributed by atoms with Crippen LogP contribution in [-0.2, 0) is 30.1 Å². The van der Waals surface area contributed by atoms with Gasteiger partial charge in [0.1, 0.15) is 0 Å². The lowest BCUT2D eigenvalue weighted by Crippen LogP contribution is -2.26. The van der Waals surface area contributed by atoms with Gasteiger partial charge < -0.3 is 0 Å². The fourth-order valence-corrected chi connectivity index (χ4v) is 6.11. The minimum Gasteiger partial charge on any atom is -0.126 e. The lowest BCUT2D eigenvalue weighted by molar-refractivity contribution is 0.329. The van der Waals surface area contributed by atoms with Crippen molar-refractivity contribution in [1.82, 2.24) is 0 Å². The molecule has 1 heterocycles. The third kappa shape index (κ3) is 4.20. The Labute approximate surface area is 176 Å². The average Bonchev–Trinajstić information content (AvgIpc) is 2.66. The maximum absolute atomic E-state index is 2.52. The Morgan fingerprint density at radius 2 is 1.61 bits per heavy atom. The predicted molar refractivity (Wildman–Crippen MR) is 124 cm³/mol. The molecule has 1 aliphatic heterocycles. The third-order valence-electron chi connectivity index (χ3n) is 6.89. The van der Waals surface area contributed by atoms with Gasteiger partial charge in [0.25, 0.3) is 0 Å². The zero-order chi connectivity index (χ0) is 19.9. The standard InChI is InChI=1S/C27H36S/c1-26(2,3)23-11-10-20-9-8-19(15-22(20)17-23)18-27(4,5)24-12-13-25-21(16-24)7-6-14-28-25/h10-13,16-17,19H,6-9,14-15,18H2,1-5H3. The van der Waals surface area contributed by atoms with Crippen LogP contribution in [0.1, 0.15) is 81.7 Å². The smallest absolute Gasteiger partial charge is 0.0104 e. The molecular formula is C27H36S. The Morgan fingerprint density at radius 1 is 0.857 bits per heavy atom. The average molecular weight is 393 g/mol. The summed E-state index contributed by atoms with van der Waals surface area (Å²) in [5.74, 6) is 2.08. The maximum atomic E-state index is 2.52. The zero-order valence-corrected chi connectivity index (χ0v) is 19.2. The van der Waals surface area contributed by atoms with E-state index in [9.17, 15) is 0 Å². The Balaban J connectivity index is 1.51. The van der Waals surface area contributed by atoms with E-state index in [1.165, 1.54) is 54.7 Å². The highest BCUT2D eigenvalue weighted by molar-refractivity contribution is 7.99. The van der Waals surface area contributed by atoms with Crippen molar-refractivity contribution >= 4 is 11.8 Å². The molecule has 0 saturated carbocycles. The van der Waals surface area contributed by atoms with Crippen molar-refractivity contribution < 1.29 is 0 Å². The van der Waals surface area contributed by atoms with Crippen molar-refractivity contribution in [2.24, 2.45) is 5.92 Å². The van der Waals surface area contributed by atoms with Crippen LogP contribution in [0.3, 0.4) is 0 Å². The number of hydrogen-bond acceptors (Lipinski definition) is 1. The molecule has 1 heteroatoms. The molecule has 0 spiro atoms. The Kier molecular flexibility index (Phi) is 5.42. The molecule has 2 aromatic rings. The van der Waals surface area contributed by atoms with Crippen LogP contribution in [0.5, 0.6) is 0 Å². The summed E-state index contributed by atoms with van der Waals surface area (Å²) >= 11 is 2.04. The van der Waals surface area contributed by atoms with Crippen LogP contribution in [0.4, 0.5) is 0 Å². The number of thioether (sulfide) groups is 1. The highest BCUT2D eigenvalue weighted by Gasteiger charge is 2.29. The van der Waals surface area contributed by atoms with Crippen LogP contribution in [0.2, 0.25) is 0 Å². The minimum absolute atomic E-state index is 0.238. The summed E-state index contributed by atoms with van der Waals surface area (Å²) in [6.45, 7) is 11.9. The van der Waals surface area contributed by atoms with Crippen molar-refractivity contribution in [3.05, 3.63) is 64.2 Å². The molecule has 0 fully saturated rings. The van der Waals surface area contributed by atoms with Gasteiger partial charge in [0.2, 0.25) is 0 Å². The van der Waals surface area contributed by atoms with Gasteiger partial charge in [-0.15, -0.1) is 11.8 Å². The first kappa shape index (κ1) is 20.1. The van der Waals surface area contributed by atoms with E-state index in [1.54, 1.807) is 22.3 Å². The Bertz CT molecular complexity index is 853. The van der Waals surface area contributed by atoms with E-state index in [0.717, 1.165) is 5.92 Å². The van der Waals surface area contributed by atoms with E-state index in [1.807, 2.05) is 11.8 Å². The Morgan fingerprint density at radius 3 is 2.39 bits per heavy atom. The van der Waals surface area contributed by atoms with Crippen LogP contribution in [0.15, 0.2) is 41.3 Å². The lowest BCUT2D eigenvalue weighted by Gasteiger charge is -2.34. The van der Waals surface area contributed by atoms with Crippen molar-refractivity contribution in [2.45, 2.75) is 88.9 Å². The van der Waals surface area contributed by atoms with E-state index in [2.05, 4.69) is 71.0 Å². The molecule has 0 aromatic heterocycles. The first-order valence-electron chi connectivity index (χ1n) is 11.1. The summed E-state index contributed by atoms with van der Waals surface area (Å²) < 4.78 is 0. The number of benzene rings is 2. The first-order chi connectivity index (χ1) is 13.2. The topological polar surface area (TPSA) is 0 Å². The zero-order valence-electron chi connectivity index (χ0n) is 18.4. The fraction of sp³-hybridized carbons (Fsp3) is 0.556. The van der Waals surface area contributed by atoms with Crippen LogP contribution in [0, 0.1) is 5.92 Å². The van der Waals surface area contributed by atoms with Gasteiger partial charge in [-0.3, -0.25) is 0 Å². The molecule has 1 unspecified atom stereocenters. The van der Waals surface area contributed by atoms with Gasteiger partial charge in [0.15, 0.2) is 0 Å². The molecule has 150 valence electrons. The van der Waals surface area contributed by atoms with Crippen LogP contribution < -0.4 is 0 Å². The molecule has 0 amide bonds. The second kappa shape index (κ2) is 7.56. The van der Waals surface area contributed by atoms with Gasteiger partial charge in [0.05, 0.1) is 0 Å². The van der Waals surface area contributed by atoms with E-state index < -0.39 is 0 Å². The number of hydrogen-bond donors (Lipinski definition) is 0. The number of fused-ring (bicyclic) bond motifs is 2. The normalized spacial score (nSPS) is 19.8. The van der Waals surface area contributed by atoms with Crippen molar-refractivity contribution in [2.75, 3.05) is 5.75 Å². The molecule has 1 atom stereocenters. The maximum Gasteiger partial charge on any atom is 0.0104 e. The van der Waals surface area contributed by atoms with E-state index in [-0.39, 0.29) is 10.8 Å². The van der Waals surface area contributed by atoms with Gasteiger partial charge in [-0.1, -0.05) is 65.0 Å². The number of rotatable bonds is 3. The molecule has 0 bridgehead atoms. The van der Waals surface area contributed by atoms with Crippen molar-refractivity contribution in [3.63, 3.8) is 0 Å². The van der Waals surface area contributed by atoms with E-state index in [0.29, 0.717) is 0 Å². The third-order valence-corrected chi connectivity index (χ3v) is 8.09. The molecule has 0 radical (unpaired) electrons. The van der Waals surface area contributed by atoms with E-state index >= 15 is 0 Å². The van der Waals surface area contributed by atoms with Gasteiger partial charge in [0, 0.05) is 4.90 Å². The first-order valence-corrected chi connectivity index (χ1v) is 12.1. The lowest BCUT2D eigenvalue weighted by atomic mass is 9.71. The SMILES string of the molecule is CC(C)(C)c1ccc2c(c1)CC(CC(C)(C)c1ccc3c(c1)CCCS3)CC2. The van der Waals surface area contributed by atoms with Gasteiger partial charge in [-0.05, 0) is 94.9 Å². The molecule has 4 rings (SSSR count). The monoisotopic (exact) mass is 392 g/mol. The molecule has 2 aliphatic rings. The fourth-order valence-electron chi connectivity index (χ4n) is 5.09. The van der Waals surface area contributed by atoms with Crippen molar-refractivity contribution in [3.8, 4) is 0 Å². The van der Waals surface area contributed by atoms with Gasteiger partial charge in [-0.2, -0.15) is 0 Å². The van der Waals surface area contributed by atoms with Crippen LogP contribution in [0.25, 0.3) is 0 Å². The predicted octanol–water partition coefficient (Wildman–Crippen LogP) is 7.50. The highest BCUT2D eigenvalue weighted by Crippen LogP contribution is 2.40. The largest absolute Gasteiger partial charge is 0.126 e. The second-order valence-corrected chi connectivity index (χ2v) is 11.8. The second-order valence-electron chi connectivity index (χ2n) is 10.7. The quantitative estimate of drug-likeness (QED) is 0.521. The summed E-state index contributed by atoms with van der Waals surface area (Å²) in [6, 6.07) is 14.6. The molecule has 0 N–H and O–H groups in total. The summed E-state index contributed by atoms with van der Waals surface area (Å²) in [4.78, 5) is 1.52. The van der Waals surface area contributed by atoms with Gasteiger partial charge in [-0.25, -0.2) is 0 Å². The molecule has 28 heavy (non-hydrogen) atoms. The number of aryl methyl sites for hydroxylation is 2. The molecule has 1 aliphatic carbocycles. The molecule has 0 nitrogen and oxygen atoms in total. The molecule has 0 saturated heterocycles. The Hall–Kier alpha value is -1.21. The molecular weight excluding hydrogens is 356 g/mol. The van der Waals surface area contributed by atoms with Gasteiger partial charge >= 0.3 is 0 Å². The minimum atomic E-state index is 0.238. The summed E-state index contributed by atoms with van der Waals surface area (Å²) in [7, 11) is 0. The van der Waals surface area contributed by atoms with Crippen LogP contribution in [-0.4, -0.2) is 5.75 Å². The highest BCUT2D eigenvalue weighted by atomic mass is 32.2. The van der Waals surface area contributed by atoms with Crippen LogP contribution >= 0.6 is 11.8 Å². The van der Waals surface area contributed by atoms with E-state index in [4.69, 9.17) is 0 Å². The van der Waals surface area contributed by atoms with Crippen molar-refractivity contribution in [1.29, 1.82) is 0 Å². The molecule has 2 aromatic carbocycles. The summed E-state index contributed by atoms with van der Waals surface area (Å²) in [6.07, 6.45) is 7.73. The summed E-state index contributed by atoms with van der Waals surface area (Å²) in [5, 5.41) is 0. The summed E-state index contributed by atoms with van der Waals surface area (Å²) in [5.41, 5.74) is 8.31.